The van der Waals surface area contributed by atoms with Gasteiger partial charge in [-0.1, -0.05) is 54.7 Å². The Hall–Kier alpha value is -1.54. The lowest BCUT2D eigenvalue weighted by Crippen LogP contribution is -1.92. The Morgan fingerprint density at radius 3 is 2.82 bits per heavy atom. The van der Waals surface area contributed by atoms with Crippen LogP contribution < -0.4 is 0 Å². The van der Waals surface area contributed by atoms with Gasteiger partial charge in [-0.15, -0.1) is 0 Å². The van der Waals surface area contributed by atoms with Gasteiger partial charge in [0.2, 0.25) is 5.12 Å². The van der Waals surface area contributed by atoms with Crippen molar-refractivity contribution in [3.8, 4) is 0 Å². The minimum absolute atomic E-state index is 0.0253. The molecule has 17 heavy (non-hydrogen) atoms. The van der Waals surface area contributed by atoms with E-state index in [-0.39, 0.29) is 5.12 Å². The monoisotopic (exact) mass is 242 g/mol. The van der Waals surface area contributed by atoms with Crippen LogP contribution in [0.15, 0.2) is 49.1 Å². The molecule has 0 unspecified atom stereocenters. The fraction of sp³-hybridized carbons (Fsp3) is 0.133. The lowest BCUT2D eigenvalue weighted by atomic mass is 10.0. The lowest BCUT2D eigenvalue weighted by molar-refractivity contribution is -0.107. The van der Waals surface area contributed by atoms with Gasteiger partial charge in [-0.05, 0) is 34.9 Å². The molecule has 86 valence electrons. The summed E-state index contributed by atoms with van der Waals surface area (Å²) in [5.41, 5.74) is 2.47. The minimum atomic E-state index is 0.0253. The van der Waals surface area contributed by atoms with Crippen LogP contribution >= 0.6 is 11.8 Å². The fourth-order valence-corrected chi connectivity index (χ4v) is 2.63. The van der Waals surface area contributed by atoms with Crippen LogP contribution in [0.1, 0.15) is 11.1 Å². The van der Waals surface area contributed by atoms with E-state index >= 15 is 0 Å². The maximum atomic E-state index is 11.3. The summed E-state index contributed by atoms with van der Waals surface area (Å²) in [4.78, 5) is 11.3. The third-order valence-corrected chi connectivity index (χ3v) is 3.68. The standard InChI is InChI=1S/C15H14OS/c1-3-15(16)17-10-14-11(2)8-9-12-6-4-5-7-13(12)14/h3-9H,1,10H2,2H3. The van der Waals surface area contributed by atoms with Crippen molar-refractivity contribution in [2.45, 2.75) is 12.7 Å². The highest BCUT2D eigenvalue weighted by molar-refractivity contribution is 8.13. The molecule has 0 heterocycles. The molecule has 2 rings (SSSR count). The first-order valence-electron chi connectivity index (χ1n) is 5.49. The van der Waals surface area contributed by atoms with E-state index in [1.165, 1.54) is 39.7 Å². The Kier molecular flexibility index (Phi) is 3.64. The second-order valence-corrected chi connectivity index (χ2v) is 4.87. The number of thioether (sulfide) groups is 1. The van der Waals surface area contributed by atoms with Crippen LogP contribution in [-0.4, -0.2) is 5.12 Å². The predicted molar refractivity (Wildman–Crippen MR) is 75.2 cm³/mol. The average molecular weight is 242 g/mol. The van der Waals surface area contributed by atoms with Crippen LogP contribution in [0.5, 0.6) is 0 Å². The van der Waals surface area contributed by atoms with Gasteiger partial charge in [0.15, 0.2) is 0 Å². The molecule has 2 aromatic rings. The molecule has 0 spiro atoms. The van der Waals surface area contributed by atoms with Crippen molar-refractivity contribution in [2.24, 2.45) is 0 Å². The van der Waals surface area contributed by atoms with Gasteiger partial charge < -0.3 is 0 Å². The molecule has 0 aromatic heterocycles. The molecule has 0 saturated heterocycles. The Morgan fingerprint density at radius 2 is 2.06 bits per heavy atom. The van der Waals surface area contributed by atoms with Crippen molar-refractivity contribution in [3.05, 3.63) is 60.2 Å². The van der Waals surface area contributed by atoms with E-state index in [1.807, 2.05) is 12.1 Å². The van der Waals surface area contributed by atoms with E-state index in [4.69, 9.17) is 0 Å². The van der Waals surface area contributed by atoms with E-state index in [0.717, 1.165) is 0 Å². The van der Waals surface area contributed by atoms with E-state index in [1.54, 1.807) is 0 Å². The largest absolute Gasteiger partial charge is 0.282 e. The Morgan fingerprint density at radius 1 is 1.29 bits per heavy atom. The number of hydrogen-bond donors (Lipinski definition) is 0. The molecule has 0 amide bonds. The first-order chi connectivity index (χ1) is 8.22. The highest BCUT2D eigenvalue weighted by Crippen LogP contribution is 2.26. The number of rotatable bonds is 3. The van der Waals surface area contributed by atoms with Gasteiger partial charge in [0, 0.05) is 5.75 Å². The smallest absolute Gasteiger partial charge is 0.211 e. The second-order valence-electron chi connectivity index (χ2n) is 3.89. The minimum Gasteiger partial charge on any atom is -0.282 e. The van der Waals surface area contributed by atoms with Gasteiger partial charge in [-0.25, -0.2) is 0 Å². The summed E-state index contributed by atoms with van der Waals surface area (Å²) in [6, 6.07) is 12.5. The number of aryl methyl sites for hydroxylation is 1. The van der Waals surface area contributed by atoms with Crippen molar-refractivity contribution in [1.29, 1.82) is 0 Å². The molecule has 0 fully saturated rings. The number of fused-ring (bicyclic) bond motifs is 1. The quantitative estimate of drug-likeness (QED) is 0.754. The molecule has 2 heteroatoms. The third kappa shape index (κ3) is 2.59. The van der Waals surface area contributed by atoms with Gasteiger partial charge in [0.05, 0.1) is 0 Å². The van der Waals surface area contributed by atoms with E-state index < -0.39 is 0 Å². The maximum Gasteiger partial charge on any atom is 0.211 e. The summed E-state index contributed by atoms with van der Waals surface area (Å²) in [5, 5.41) is 2.48. The van der Waals surface area contributed by atoms with Crippen LogP contribution in [0.4, 0.5) is 0 Å². The molecule has 0 saturated carbocycles. The highest BCUT2D eigenvalue weighted by atomic mass is 32.2. The topological polar surface area (TPSA) is 17.1 Å². The van der Waals surface area contributed by atoms with Crippen LogP contribution in [0.2, 0.25) is 0 Å². The van der Waals surface area contributed by atoms with Crippen LogP contribution in [0.3, 0.4) is 0 Å². The highest BCUT2D eigenvalue weighted by Gasteiger charge is 2.06. The maximum absolute atomic E-state index is 11.3. The summed E-state index contributed by atoms with van der Waals surface area (Å²) in [5.74, 6) is 0.706. The van der Waals surface area contributed by atoms with E-state index in [0.29, 0.717) is 5.75 Å². The SMILES string of the molecule is C=CC(=O)SCc1c(C)ccc2ccccc12. The summed E-state index contributed by atoms with van der Waals surface area (Å²) in [7, 11) is 0. The summed E-state index contributed by atoms with van der Waals surface area (Å²) in [6.07, 6.45) is 1.37. The summed E-state index contributed by atoms with van der Waals surface area (Å²) >= 11 is 1.30. The Labute approximate surface area is 106 Å². The molecule has 0 aliphatic rings. The fourth-order valence-electron chi connectivity index (χ4n) is 1.84. The van der Waals surface area contributed by atoms with Crippen molar-refractivity contribution in [2.75, 3.05) is 0 Å². The molecule has 0 aliphatic carbocycles. The van der Waals surface area contributed by atoms with Gasteiger partial charge in [-0.2, -0.15) is 0 Å². The molecule has 0 atom stereocenters. The zero-order chi connectivity index (χ0) is 12.3. The number of carbonyl (C=O) groups excluding carboxylic acids is 1. The van der Waals surface area contributed by atoms with Crippen molar-refractivity contribution >= 4 is 27.6 Å². The molecule has 2 aromatic carbocycles. The van der Waals surface area contributed by atoms with Gasteiger partial charge in [0.25, 0.3) is 0 Å². The zero-order valence-electron chi connectivity index (χ0n) is 9.77. The number of carbonyl (C=O) groups is 1. The summed E-state index contributed by atoms with van der Waals surface area (Å²) < 4.78 is 0. The molecule has 0 aliphatic heterocycles. The van der Waals surface area contributed by atoms with Crippen LogP contribution in [0.25, 0.3) is 10.8 Å². The van der Waals surface area contributed by atoms with Gasteiger partial charge in [0.1, 0.15) is 0 Å². The van der Waals surface area contributed by atoms with E-state index in [2.05, 4.69) is 37.8 Å². The van der Waals surface area contributed by atoms with Gasteiger partial charge >= 0.3 is 0 Å². The van der Waals surface area contributed by atoms with E-state index in [9.17, 15) is 4.79 Å². The third-order valence-electron chi connectivity index (χ3n) is 2.80. The molecule has 0 N–H and O–H groups in total. The molecular weight excluding hydrogens is 228 g/mol. The van der Waals surface area contributed by atoms with Crippen LogP contribution in [-0.2, 0) is 10.5 Å². The molecular formula is C15H14OS. The molecule has 0 radical (unpaired) electrons. The predicted octanol–water partition coefficient (Wildman–Crippen LogP) is 4.09. The Bertz CT molecular complexity index is 572. The van der Waals surface area contributed by atoms with Crippen molar-refractivity contribution < 1.29 is 4.79 Å². The van der Waals surface area contributed by atoms with Crippen molar-refractivity contribution in [3.63, 3.8) is 0 Å². The van der Waals surface area contributed by atoms with Crippen LogP contribution in [0, 0.1) is 6.92 Å². The first kappa shape index (κ1) is 11.9. The zero-order valence-corrected chi connectivity index (χ0v) is 10.6. The number of benzene rings is 2. The average Bonchev–Trinajstić information content (AvgIpc) is 2.37. The summed E-state index contributed by atoms with van der Waals surface area (Å²) in [6.45, 7) is 5.57. The molecule has 0 bridgehead atoms. The van der Waals surface area contributed by atoms with Crippen molar-refractivity contribution in [1.82, 2.24) is 0 Å². The van der Waals surface area contributed by atoms with Gasteiger partial charge in [-0.3, -0.25) is 4.79 Å². The first-order valence-corrected chi connectivity index (χ1v) is 6.47. The second kappa shape index (κ2) is 5.19. The Balaban J connectivity index is 2.40. The molecule has 1 nitrogen and oxygen atoms in total. The number of hydrogen-bond acceptors (Lipinski definition) is 2. The lowest BCUT2D eigenvalue weighted by Gasteiger charge is -2.09. The normalized spacial score (nSPS) is 10.4.